The Labute approximate surface area is 172 Å². The first-order chi connectivity index (χ1) is 12.1. The number of hydrogen-bond donors (Lipinski definition) is 3. The lowest BCUT2D eigenvalue weighted by Crippen LogP contribution is -2.54. The summed E-state index contributed by atoms with van der Waals surface area (Å²) >= 11 is 0. The highest BCUT2D eigenvalue weighted by Crippen LogP contribution is 2.16. The number of piperidine rings is 1. The quantitative estimate of drug-likeness (QED) is 0.696. The Kier molecular flexibility index (Phi) is 9.87. The summed E-state index contributed by atoms with van der Waals surface area (Å²) < 4.78 is 0. The van der Waals surface area contributed by atoms with Gasteiger partial charge in [0.25, 0.3) is 0 Å². The third kappa shape index (κ3) is 6.84. The normalized spacial score (nSPS) is 18.1. The zero-order chi connectivity index (χ0) is 17.6. The number of carbonyl (C=O) groups is 2. The van der Waals surface area contributed by atoms with Crippen molar-refractivity contribution in [3.63, 3.8) is 0 Å². The number of halogens is 2. The molecule has 1 aromatic carbocycles. The fourth-order valence-electron chi connectivity index (χ4n) is 3.55. The molecule has 9 heteroatoms. The summed E-state index contributed by atoms with van der Waals surface area (Å²) in [4.78, 5) is 27.5. The van der Waals surface area contributed by atoms with E-state index in [0.717, 1.165) is 44.8 Å². The number of carboxylic acid groups (broad SMARTS) is 1. The van der Waals surface area contributed by atoms with E-state index in [1.54, 1.807) is 24.3 Å². The van der Waals surface area contributed by atoms with Gasteiger partial charge in [0.2, 0.25) is 0 Å². The van der Waals surface area contributed by atoms with E-state index in [9.17, 15) is 9.59 Å². The molecule has 1 aromatic rings. The third-order valence-electron chi connectivity index (χ3n) is 4.99. The molecule has 3 rings (SSSR count). The summed E-state index contributed by atoms with van der Waals surface area (Å²) in [6.07, 6.45) is 2.37. The predicted molar refractivity (Wildman–Crippen MR) is 110 cm³/mol. The minimum absolute atomic E-state index is 0. The molecule has 2 saturated heterocycles. The number of nitrogens with zero attached hydrogens (tertiary/aromatic N) is 2. The second-order valence-electron chi connectivity index (χ2n) is 6.70. The van der Waals surface area contributed by atoms with Gasteiger partial charge in [0.15, 0.2) is 0 Å². The zero-order valence-electron chi connectivity index (χ0n) is 15.2. The third-order valence-corrected chi connectivity index (χ3v) is 4.99. The fourth-order valence-corrected chi connectivity index (χ4v) is 3.55. The molecule has 0 radical (unpaired) electrons. The number of amides is 2. The number of carboxylic acids is 1. The molecular weight excluding hydrogens is 391 g/mol. The van der Waals surface area contributed by atoms with Gasteiger partial charge in [0, 0.05) is 37.9 Å². The molecule has 7 nitrogen and oxygen atoms in total. The molecular formula is C18H28Cl2N4O3. The molecule has 2 heterocycles. The van der Waals surface area contributed by atoms with E-state index in [1.165, 1.54) is 12.8 Å². The van der Waals surface area contributed by atoms with E-state index in [0.29, 0.717) is 11.7 Å². The lowest BCUT2D eigenvalue weighted by molar-refractivity contribution is -0.136. The molecule has 3 N–H and O–H groups in total. The van der Waals surface area contributed by atoms with E-state index in [1.807, 2.05) is 4.90 Å². The summed E-state index contributed by atoms with van der Waals surface area (Å²) in [5.41, 5.74) is 1.42. The molecule has 27 heavy (non-hydrogen) atoms. The van der Waals surface area contributed by atoms with Crippen LogP contribution in [-0.2, 0) is 11.2 Å². The lowest BCUT2D eigenvalue weighted by atomic mass is 10.0. The summed E-state index contributed by atoms with van der Waals surface area (Å²) in [7, 11) is 0. The number of aliphatic carboxylic acids is 1. The number of benzene rings is 1. The summed E-state index contributed by atoms with van der Waals surface area (Å²) in [6.45, 7) is 5.51. The van der Waals surface area contributed by atoms with Crippen LogP contribution in [0.5, 0.6) is 0 Å². The molecule has 2 amide bonds. The van der Waals surface area contributed by atoms with Crippen molar-refractivity contribution in [1.82, 2.24) is 15.1 Å². The van der Waals surface area contributed by atoms with E-state index in [2.05, 4.69) is 15.5 Å². The number of carbonyl (C=O) groups excluding carboxylic acids is 1. The van der Waals surface area contributed by atoms with E-state index in [4.69, 9.17) is 5.11 Å². The molecule has 0 aromatic heterocycles. The number of rotatable bonds is 4. The van der Waals surface area contributed by atoms with Crippen LogP contribution in [0.3, 0.4) is 0 Å². The molecule has 0 aliphatic carbocycles. The van der Waals surface area contributed by atoms with Crippen LogP contribution in [0.2, 0.25) is 0 Å². The standard InChI is InChI=1S/C18H26N4O3.2ClH/c23-17(24)13-14-1-3-15(4-2-14)20-18(25)22-11-9-21(10-12-22)16-5-7-19-8-6-16;;/h1-4,16,19H,5-13H2,(H,20,25)(H,23,24);2*1H. The molecule has 2 aliphatic heterocycles. The minimum atomic E-state index is -0.858. The highest BCUT2D eigenvalue weighted by molar-refractivity contribution is 5.89. The summed E-state index contributed by atoms with van der Waals surface area (Å²) in [5.74, 6) is -0.858. The van der Waals surface area contributed by atoms with Gasteiger partial charge in [0.1, 0.15) is 0 Å². The second kappa shape index (κ2) is 11.3. The van der Waals surface area contributed by atoms with Gasteiger partial charge in [-0.15, -0.1) is 24.8 Å². The lowest BCUT2D eigenvalue weighted by Gasteiger charge is -2.40. The van der Waals surface area contributed by atoms with Gasteiger partial charge in [-0.1, -0.05) is 12.1 Å². The number of piperazine rings is 1. The van der Waals surface area contributed by atoms with E-state index < -0.39 is 5.97 Å². The first-order valence-corrected chi connectivity index (χ1v) is 8.93. The monoisotopic (exact) mass is 418 g/mol. The Hall–Kier alpha value is -1.54. The van der Waals surface area contributed by atoms with Crippen LogP contribution < -0.4 is 10.6 Å². The smallest absolute Gasteiger partial charge is 0.321 e. The fraction of sp³-hybridized carbons (Fsp3) is 0.556. The van der Waals surface area contributed by atoms with E-state index in [-0.39, 0.29) is 37.3 Å². The Bertz CT molecular complexity index is 601. The van der Waals surface area contributed by atoms with Crippen LogP contribution >= 0.6 is 24.8 Å². The van der Waals surface area contributed by atoms with Crippen molar-refractivity contribution in [2.45, 2.75) is 25.3 Å². The minimum Gasteiger partial charge on any atom is -0.481 e. The van der Waals surface area contributed by atoms with E-state index >= 15 is 0 Å². The second-order valence-corrected chi connectivity index (χ2v) is 6.70. The Morgan fingerprint density at radius 1 is 1.04 bits per heavy atom. The van der Waals surface area contributed by atoms with Crippen LogP contribution in [0.4, 0.5) is 10.5 Å². The largest absolute Gasteiger partial charge is 0.481 e. The van der Waals surface area contributed by atoms with Crippen LogP contribution in [0.25, 0.3) is 0 Å². The predicted octanol–water partition coefficient (Wildman–Crippen LogP) is 2.06. The van der Waals surface area contributed by atoms with Gasteiger partial charge in [-0.05, 0) is 43.6 Å². The maximum atomic E-state index is 12.4. The van der Waals surface area contributed by atoms with Crippen molar-refractivity contribution < 1.29 is 14.7 Å². The van der Waals surface area contributed by atoms with Gasteiger partial charge in [-0.3, -0.25) is 9.69 Å². The molecule has 0 unspecified atom stereocenters. The van der Waals surface area contributed by atoms with Crippen molar-refractivity contribution >= 4 is 42.5 Å². The van der Waals surface area contributed by atoms with Crippen LogP contribution in [-0.4, -0.2) is 72.2 Å². The maximum absolute atomic E-state index is 12.4. The van der Waals surface area contributed by atoms with Crippen molar-refractivity contribution in [1.29, 1.82) is 0 Å². The molecule has 0 bridgehead atoms. The van der Waals surface area contributed by atoms with Crippen LogP contribution in [0.1, 0.15) is 18.4 Å². The summed E-state index contributed by atoms with van der Waals surface area (Å²) in [6, 6.07) is 7.53. The molecule has 152 valence electrons. The van der Waals surface area contributed by atoms with Gasteiger partial charge >= 0.3 is 12.0 Å². The SMILES string of the molecule is Cl.Cl.O=C(O)Cc1ccc(NC(=O)N2CCN(C3CCNCC3)CC2)cc1. The molecule has 0 spiro atoms. The highest BCUT2D eigenvalue weighted by Gasteiger charge is 2.26. The van der Waals surface area contributed by atoms with Crippen molar-refractivity contribution in [3.05, 3.63) is 29.8 Å². The first-order valence-electron chi connectivity index (χ1n) is 8.93. The average Bonchev–Trinajstić information content (AvgIpc) is 2.64. The van der Waals surface area contributed by atoms with Gasteiger partial charge < -0.3 is 20.6 Å². The Morgan fingerprint density at radius 3 is 2.19 bits per heavy atom. The van der Waals surface area contributed by atoms with Crippen molar-refractivity contribution in [2.24, 2.45) is 0 Å². The zero-order valence-corrected chi connectivity index (χ0v) is 16.9. The number of nitrogens with one attached hydrogen (secondary N) is 2. The van der Waals surface area contributed by atoms with Crippen LogP contribution in [0.15, 0.2) is 24.3 Å². The Balaban J connectivity index is 0.00000182. The maximum Gasteiger partial charge on any atom is 0.321 e. The van der Waals surface area contributed by atoms with Gasteiger partial charge in [-0.2, -0.15) is 0 Å². The molecule has 2 aliphatic rings. The number of hydrogen-bond acceptors (Lipinski definition) is 4. The Morgan fingerprint density at radius 2 is 1.63 bits per heavy atom. The van der Waals surface area contributed by atoms with Gasteiger partial charge in [-0.25, -0.2) is 4.79 Å². The molecule has 0 atom stereocenters. The van der Waals surface area contributed by atoms with Crippen molar-refractivity contribution in [2.75, 3.05) is 44.6 Å². The highest BCUT2D eigenvalue weighted by atomic mass is 35.5. The summed E-state index contributed by atoms with van der Waals surface area (Å²) in [5, 5.41) is 15.1. The van der Waals surface area contributed by atoms with Crippen molar-refractivity contribution in [3.8, 4) is 0 Å². The number of anilines is 1. The first kappa shape index (κ1) is 23.5. The molecule has 2 fully saturated rings. The molecule has 0 saturated carbocycles. The average molecular weight is 419 g/mol. The van der Waals surface area contributed by atoms with Gasteiger partial charge in [0.05, 0.1) is 6.42 Å². The topological polar surface area (TPSA) is 84.9 Å². The van der Waals surface area contributed by atoms with Crippen LogP contribution in [0, 0.1) is 0 Å². The number of urea groups is 1.